The highest BCUT2D eigenvalue weighted by Gasteiger charge is 2.02. The molecule has 0 aromatic heterocycles. The largest absolute Gasteiger partial charge is 0.496 e. The second-order valence-electron chi connectivity index (χ2n) is 2.75. The first-order valence-corrected chi connectivity index (χ1v) is 6.36. The van der Waals surface area contributed by atoms with Crippen LogP contribution in [0.15, 0.2) is 18.2 Å². The van der Waals surface area contributed by atoms with E-state index in [0.717, 1.165) is 23.9 Å². The van der Waals surface area contributed by atoms with E-state index in [0.29, 0.717) is 0 Å². The van der Waals surface area contributed by atoms with Crippen LogP contribution in [-0.2, 0) is 6.42 Å². The molecule has 0 atom stereocenters. The third-order valence-corrected chi connectivity index (χ3v) is 3.05. The van der Waals surface area contributed by atoms with Gasteiger partial charge in [0.25, 0.3) is 0 Å². The van der Waals surface area contributed by atoms with Crippen molar-refractivity contribution >= 4 is 38.5 Å². The minimum atomic E-state index is 1.00. The second-order valence-corrected chi connectivity index (χ2v) is 4.79. The normalized spacial score (nSPS) is 10.1. The van der Waals surface area contributed by atoms with Crippen molar-refractivity contribution in [3.63, 3.8) is 0 Å². The zero-order valence-electron chi connectivity index (χ0n) is 7.52. The summed E-state index contributed by atoms with van der Waals surface area (Å²) in [4.78, 5) is 0. The molecule has 0 radical (unpaired) electrons. The van der Waals surface area contributed by atoms with Crippen molar-refractivity contribution in [2.75, 3.05) is 12.4 Å². The van der Waals surface area contributed by atoms with Crippen molar-refractivity contribution in [2.24, 2.45) is 0 Å². The predicted molar refractivity (Wildman–Crippen MR) is 67.8 cm³/mol. The molecule has 0 saturated carbocycles. The molecule has 0 fully saturated rings. The Balaban J connectivity index is 2.81. The molecule has 3 heteroatoms. The van der Waals surface area contributed by atoms with E-state index in [2.05, 4.69) is 50.7 Å². The van der Waals surface area contributed by atoms with E-state index in [1.807, 2.05) is 6.07 Å². The van der Waals surface area contributed by atoms with Gasteiger partial charge in [0.15, 0.2) is 0 Å². The lowest BCUT2D eigenvalue weighted by molar-refractivity contribution is 0.409. The van der Waals surface area contributed by atoms with Crippen molar-refractivity contribution in [1.29, 1.82) is 0 Å². The molecule has 13 heavy (non-hydrogen) atoms. The Morgan fingerprint density at radius 1 is 1.46 bits per heavy atom. The zero-order valence-corrected chi connectivity index (χ0v) is 11.3. The van der Waals surface area contributed by atoms with Gasteiger partial charge < -0.3 is 4.74 Å². The Labute approximate surface area is 101 Å². The average Bonchev–Trinajstić information content (AvgIpc) is 2.15. The molecule has 0 bridgehead atoms. The van der Waals surface area contributed by atoms with Gasteiger partial charge in [-0.25, -0.2) is 0 Å². The first-order chi connectivity index (χ1) is 6.27. The molecule has 1 aromatic rings. The molecule has 0 aliphatic carbocycles. The van der Waals surface area contributed by atoms with E-state index < -0.39 is 0 Å². The van der Waals surface area contributed by atoms with Gasteiger partial charge in [-0.05, 0) is 59.2 Å². The van der Waals surface area contributed by atoms with Crippen molar-refractivity contribution in [3.05, 3.63) is 27.3 Å². The lowest BCUT2D eigenvalue weighted by atomic mass is 10.1. The van der Waals surface area contributed by atoms with E-state index >= 15 is 0 Å². The summed E-state index contributed by atoms with van der Waals surface area (Å²) in [5.74, 6) is 1.00. The summed E-state index contributed by atoms with van der Waals surface area (Å²) in [6.07, 6.45) is 2.22. The number of aryl methyl sites for hydroxylation is 1. The standard InChI is InChI=1S/C10H12BrIO/c1-13-10-5-4-9(12)7-8(10)3-2-6-11/h4-5,7H,2-3,6H2,1H3. The van der Waals surface area contributed by atoms with E-state index in [-0.39, 0.29) is 0 Å². The number of halogens is 2. The Kier molecular flexibility index (Phi) is 5.09. The van der Waals surface area contributed by atoms with Crippen LogP contribution >= 0.6 is 38.5 Å². The highest BCUT2D eigenvalue weighted by atomic mass is 127. The summed E-state index contributed by atoms with van der Waals surface area (Å²) >= 11 is 5.75. The zero-order chi connectivity index (χ0) is 9.68. The van der Waals surface area contributed by atoms with Crippen LogP contribution in [0.25, 0.3) is 0 Å². The quantitative estimate of drug-likeness (QED) is 0.592. The SMILES string of the molecule is COc1ccc(I)cc1CCCBr. The number of hydrogen-bond acceptors (Lipinski definition) is 1. The average molecular weight is 355 g/mol. The molecule has 0 aliphatic heterocycles. The summed E-state index contributed by atoms with van der Waals surface area (Å²) in [6.45, 7) is 0. The third-order valence-electron chi connectivity index (χ3n) is 1.82. The Morgan fingerprint density at radius 2 is 2.23 bits per heavy atom. The highest BCUT2D eigenvalue weighted by molar-refractivity contribution is 14.1. The Bertz CT molecular complexity index is 276. The fourth-order valence-electron chi connectivity index (χ4n) is 1.20. The van der Waals surface area contributed by atoms with Crippen LogP contribution in [0, 0.1) is 3.57 Å². The first-order valence-electron chi connectivity index (χ1n) is 4.16. The minimum Gasteiger partial charge on any atom is -0.496 e. The van der Waals surface area contributed by atoms with E-state index in [1.54, 1.807) is 7.11 Å². The maximum Gasteiger partial charge on any atom is 0.122 e. The molecular weight excluding hydrogens is 343 g/mol. The van der Waals surface area contributed by atoms with Crippen LogP contribution in [0.1, 0.15) is 12.0 Å². The van der Waals surface area contributed by atoms with Gasteiger partial charge in [0, 0.05) is 8.90 Å². The summed E-state index contributed by atoms with van der Waals surface area (Å²) in [5, 5.41) is 1.04. The van der Waals surface area contributed by atoms with Crippen molar-refractivity contribution in [3.8, 4) is 5.75 Å². The lowest BCUT2D eigenvalue weighted by Gasteiger charge is -2.07. The second kappa shape index (κ2) is 5.86. The summed E-state index contributed by atoms with van der Waals surface area (Å²) in [5.41, 5.74) is 1.30. The summed E-state index contributed by atoms with van der Waals surface area (Å²) < 4.78 is 6.55. The van der Waals surface area contributed by atoms with Crippen LogP contribution in [0.2, 0.25) is 0 Å². The van der Waals surface area contributed by atoms with E-state index in [1.165, 1.54) is 9.13 Å². The molecule has 0 amide bonds. The van der Waals surface area contributed by atoms with Crippen LogP contribution in [0.3, 0.4) is 0 Å². The number of benzene rings is 1. The third kappa shape index (κ3) is 3.46. The van der Waals surface area contributed by atoms with Crippen molar-refractivity contribution < 1.29 is 4.74 Å². The van der Waals surface area contributed by atoms with E-state index in [4.69, 9.17) is 4.74 Å². The number of ether oxygens (including phenoxy) is 1. The van der Waals surface area contributed by atoms with E-state index in [9.17, 15) is 0 Å². The lowest BCUT2D eigenvalue weighted by Crippen LogP contribution is -1.93. The topological polar surface area (TPSA) is 9.23 Å². The molecule has 0 aliphatic rings. The van der Waals surface area contributed by atoms with Crippen molar-refractivity contribution in [2.45, 2.75) is 12.8 Å². The van der Waals surface area contributed by atoms with Crippen LogP contribution < -0.4 is 4.74 Å². The number of methoxy groups -OCH3 is 1. The predicted octanol–water partition coefficient (Wildman–Crippen LogP) is 3.63. The number of hydrogen-bond donors (Lipinski definition) is 0. The summed E-state index contributed by atoms with van der Waals surface area (Å²) in [6, 6.07) is 6.28. The molecule has 0 heterocycles. The molecule has 0 saturated heterocycles. The van der Waals surface area contributed by atoms with Gasteiger partial charge in [0.05, 0.1) is 7.11 Å². The maximum absolute atomic E-state index is 5.28. The maximum atomic E-state index is 5.28. The van der Waals surface area contributed by atoms with Crippen molar-refractivity contribution in [1.82, 2.24) is 0 Å². The Morgan fingerprint density at radius 3 is 2.85 bits per heavy atom. The monoisotopic (exact) mass is 354 g/mol. The number of rotatable bonds is 4. The Hall–Kier alpha value is 0.230. The van der Waals surface area contributed by atoms with Crippen LogP contribution in [0.4, 0.5) is 0 Å². The first kappa shape index (κ1) is 11.3. The number of alkyl halides is 1. The molecule has 0 spiro atoms. The van der Waals surface area contributed by atoms with Gasteiger partial charge in [-0.2, -0.15) is 0 Å². The van der Waals surface area contributed by atoms with Crippen LogP contribution in [0.5, 0.6) is 5.75 Å². The molecule has 72 valence electrons. The van der Waals surface area contributed by atoms with Gasteiger partial charge in [0.1, 0.15) is 5.75 Å². The highest BCUT2D eigenvalue weighted by Crippen LogP contribution is 2.22. The van der Waals surface area contributed by atoms with Crippen LogP contribution in [-0.4, -0.2) is 12.4 Å². The fourth-order valence-corrected chi connectivity index (χ4v) is 2.04. The van der Waals surface area contributed by atoms with Gasteiger partial charge in [-0.3, -0.25) is 0 Å². The summed E-state index contributed by atoms with van der Waals surface area (Å²) in [7, 11) is 1.72. The van der Waals surface area contributed by atoms with Gasteiger partial charge in [-0.1, -0.05) is 15.9 Å². The molecule has 0 N–H and O–H groups in total. The molecule has 0 unspecified atom stereocenters. The molecule has 1 nitrogen and oxygen atoms in total. The smallest absolute Gasteiger partial charge is 0.122 e. The molecule has 1 rings (SSSR count). The van der Waals surface area contributed by atoms with Gasteiger partial charge >= 0.3 is 0 Å². The van der Waals surface area contributed by atoms with Gasteiger partial charge in [-0.15, -0.1) is 0 Å². The fraction of sp³-hybridized carbons (Fsp3) is 0.400. The van der Waals surface area contributed by atoms with Gasteiger partial charge in [0.2, 0.25) is 0 Å². The minimum absolute atomic E-state index is 1.00. The molecule has 1 aromatic carbocycles. The molecular formula is C10H12BrIO.